The molecule has 0 unspecified atom stereocenters. The molecule has 1 saturated carbocycles. The molecule has 150 valence electrons. The normalized spacial score (nSPS) is 14.0. The van der Waals surface area contributed by atoms with E-state index in [4.69, 9.17) is 4.74 Å². The second-order valence-corrected chi connectivity index (χ2v) is 7.20. The Hall–Kier alpha value is -2.62. The summed E-state index contributed by atoms with van der Waals surface area (Å²) in [6.07, 6.45) is -2.15. The fraction of sp³-hybridized carbons (Fsp3) is 0.389. The first-order chi connectivity index (χ1) is 13.2. The van der Waals surface area contributed by atoms with Crippen LogP contribution in [-0.4, -0.2) is 23.1 Å². The molecule has 28 heavy (non-hydrogen) atoms. The van der Waals surface area contributed by atoms with Crippen LogP contribution in [0.25, 0.3) is 0 Å². The Bertz CT molecular complexity index is 960. The zero-order valence-electron chi connectivity index (χ0n) is 14.8. The summed E-state index contributed by atoms with van der Waals surface area (Å²) in [5, 5.41) is 4.57. The number of carbonyl (C=O) groups is 2. The van der Waals surface area contributed by atoms with Crippen molar-refractivity contribution in [2.45, 2.75) is 38.4 Å². The molecule has 1 amide bonds. The van der Waals surface area contributed by atoms with Gasteiger partial charge in [0.2, 0.25) is 5.91 Å². The van der Waals surface area contributed by atoms with Crippen molar-refractivity contribution in [3.05, 3.63) is 50.8 Å². The average Bonchev–Trinajstić information content (AvgIpc) is 3.37. The number of rotatable bonds is 6. The van der Waals surface area contributed by atoms with E-state index in [0.29, 0.717) is 16.8 Å². The molecule has 1 aliphatic rings. The second kappa shape index (κ2) is 7.78. The quantitative estimate of drug-likeness (QED) is 0.733. The van der Waals surface area contributed by atoms with Crippen LogP contribution in [0.4, 0.5) is 18.2 Å². The van der Waals surface area contributed by atoms with Gasteiger partial charge in [-0.1, -0.05) is 0 Å². The number of carbonyl (C=O) groups excluding carboxylic acids is 2. The van der Waals surface area contributed by atoms with E-state index >= 15 is 0 Å². The van der Waals surface area contributed by atoms with Gasteiger partial charge >= 0.3 is 12.1 Å². The maximum absolute atomic E-state index is 12.8. The topological polar surface area (TPSA) is 77.4 Å². The van der Waals surface area contributed by atoms with Crippen molar-refractivity contribution in [2.75, 3.05) is 11.9 Å². The zero-order valence-corrected chi connectivity index (χ0v) is 15.7. The molecule has 0 aromatic carbocycles. The number of esters is 1. The van der Waals surface area contributed by atoms with Gasteiger partial charge in [-0.2, -0.15) is 13.2 Å². The number of alkyl halides is 3. The number of amides is 1. The number of halogens is 3. The Morgan fingerprint density at radius 1 is 1.32 bits per heavy atom. The van der Waals surface area contributed by atoms with Crippen LogP contribution in [0.15, 0.2) is 28.5 Å². The lowest BCUT2D eigenvalue weighted by atomic mass is 10.1. The minimum atomic E-state index is -4.63. The molecule has 2 aromatic heterocycles. The number of nitrogens with one attached hydrogen (secondary N) is 1. The first kappa shape index (κ1) is 20.1. The van der Waals surface area contributed by atoms with E-state index in [1.54, 1.807) is 12.3 Å². The molecule has 0 saturated heterocycles. The largest absolute Gasteiger partial charge is 0.462 e. The van der Waals surface area contributed by atoms with Crippen LogP contribution in [0.3, 0.4) is 0 Å². The summed E-state index contributed by atoms with van der Waals surface area (Å²) in [5.41, 5.74) is -0.688. The van der Waals surface area contributed by atoms with Crippen LogP contribution in [0.2, 0.25) is 0 Å². The van der Waals surface area contributed by atoms with E-state index in [-0.39, 0.29) is 23.1 Å². The molecule has 0 aliphatic heterocycles. The van der Waals surface area contributed by atoms with Crippen molar-refractivity contribution in [1.82, 2.24) is 4.57 Å². The van der Waals surface area contributed by atoms with Gasteiger partial charge in [0.05, 0.1) is 17.7 Å². The maximum Gasteiger partial charge on any atom is 0.417 e. The van der Waals surface area contributed by atoms with Gasteiger partial charge in [-0.25, -0.2) is 4.79 Å². The summed E-state index contributed by atoms with van der Waals surface area (Å²) in [5.74, 6) is -1.03. The van der Waals surface area contributed by atoms with Crippen molar-refractivity contribution in [2.24, 2.45) is 0 Å². The van der Waals surface area contributed by atoms with Crippen LogP contribution in [0.5, 0.6) is 0 Å². The van der Waals surface area contributed by atoms with Crippen molar-refractivity contribution in [1.29, 1.82) is 0 Å². The molecule has 0 atom stereocenters. The number of hydrogen-bond acceptors (Lipinski definition) is 5. The summed E-state index contributed by atoms with van der Waals surface area (Å²) < 4.78 is 44.2. The van der Waals surface area contributed by atoms with E-state index in [0.717, 1.165) is 35.8 Å². The third-order valence-electron chi connectivity index (χ3n) is 4.19. The molecule has 2 heterocycles. The minimum absolute atomic E-state index is 0.172. The van der Waals surface area contributed by atoms with E-state index in [2.05, 4.69) is 5.32 Å². The van der Waals surface area contributed by atoms with Crippen molar-refractivity contribution in [3.63, 3.8) is 0 Å². The molecule has 2 aromatic rings. The first-order valence-corrected chi connectivity index (χ1v) is 9.44. The van der Waals surface area contributed by atoms with E-state index in [1.165, 1.54) is 0 Å². The maximum atomic E-state index is 12.8. The summed E-state index contributed by atoms with van der Waals surface area (Å²) >= 11 is 1.15. The standard InChI is InChI=1S/C18H17F3N2O4S/c1-2-27-17(26)15-12(10-3-4-10)9-28-16(15)22-13(24)8-23-7-11(18(19,20)21)5-6-14(23)25/h5-7,9-10H,2-4,8H2,1H3,(H,22,24). The molecular formula is C18H17F3N2O4S. The van der Waals surface area contributed by atoms with Crippen LogP contribution in [-0.2, 0) is 22.3 Å². The van der Waals surface area contributed by atoms with E-state index in [9.17, 15) is 27.6 Å². The van der Waals surface area contributed by atoms with Crippen molar-refractivity contribution < 1.29 is 27.5 Å². The van der Waals surface area contributed by atoms with Gasteiger partial charge in [-0.3, -0.25) is 9.59 Å². The summed E-state index contributed by atoms with van der Waals surface area (Å²) in [7, 11) is 0. The summed E-state index contributed by atoms with van der Waals surface area (Å²) in [4.78, 5) is 36.4. The minimum Gasteiger partial charge on any atom is -0.462 e. The lowest BCUT2D eigenvalue weighted by Crippen LogP contribution is -2.28. The predicted octanol–water partition coefficient (Wildman–Crippen LogP) is 3.62. The molecule has 3 rings (SSSR count). The summed E-state index contributed by atoms with van der Waals surface area (Å²) in [6, 6.07) is 1.42. The lowest BCUT2D eigenvalue weighted by Gasteiger charge is -2.11. The van der Waals surface area contributed by atoms with Crippen LogP contribution >= 0.6 is 11.3 Å². The van der Waals surface area contributed by atoms with Gasteiger partial charge < -0.3 is 14.6 Å². The number of pyridine rings is 1. The fourth-order valence-corrected chi connectivity index (χ4v) is 3.76. The van der Waals surface area contributed by atoms with E-state index in [1.807, 2.05) is 0 Å². The molecule has 6 nitrogen and oxygen atoms in total. The number of anilines is 1. The number of hydrogen-bond donors (Lipinski definition) is 1. The average molecular weight is 414 g/mol. The molecule has 0 radical (unpaired) electrons. The lowest BCUT2D eigenvalue weighted by molar-refractivity contribution is -0.138. The van der Waals surface area contributed by atoms with Gasteiger partial charge in [0.25, 0.3) is 5.56 Å². The molecule has 1 N–H and O–H groups in total. The number of nitrogens with zero attached hydrogens (tertiary/aromatic N) is 1. The Morgan fingerprint density at radius 2 is 2.04 bits per heavy atom. The van der Waals surface area contributed by atoms with E-state index < -0.39 is 35.7 Å². The van der Waals surface area contributed by atoms with Gasteiger partial charge in [-0.15, -0.1) is 11.3 Å². The molecule has 0 spiro atoms. The monoisotopic (exact) mass is 414 g/mol. The van der Waals surface area contributed by atoms with Gasteiger partial charge in [0.15, 0.2) is 0 Å². The molecule has 0 bridgehead atoms. The Kier molecular flexibility index (Phi) is 5.59. The Labute approximate surface area is 161 Å². The fourth-order valence-electron chi connectivity index (χ4n) is 2.72. The highest BCUT2D eigenvalue weighted by Crippen LogP contribution is 2.46. The Morgan fingerprint density at radius 3 is 2.64 bits per heavy atom. The highest BCUT2D eigenvalue weighted by atomic mass is 32.1. The summed E-state index contributed by atoms with van der Waals surface area (Å²) in [6.45, 7) is 1.23. The molecule has 1 fully saturated rings. The molecule has 1 aliphatic carbocycles. The zero-order chi connectivity index (χ0) is 20.5. The predicted molar refractivity (Wildman–Crippen MR) is 96.6 cm³/mol. The van der Waals surface area contributed by atoms with Crippen LogP contribution in [0.1, 0.15) is 47.2 Å². The van der Waals surface area contributed by atoms with Crippen molar-refractivity contribution >= 4 is 28.2 Å². The number of ether oxygens (including phenoxy) is 1. The SMILES string of the molecule is CCOC(=O)c1c(C2CC2)csc1NC(=O)Cn1cc(C(F)(F)F)ccc1=O. The second-order valence-electron chi connectivity index (χ2n) is 6.32. The smallest absolute Gasteiger partial charge is 0.417 e. The van der Waals surface area contributed by atoms with Gasteiger partial charge in [0, 0.05) is 12.3 Å². The van der Waals surface area contributed by atoms with Crippen LogP contribution in [0, 0.1) is 0 Å². The van der Waals surface area contributed by atoms with Crippen LogP contribution < -0.4 is 10.9 Å². The van der Waals surface area contributed by atoms with Crippen molar-refractivity contribution in [3.8, 4) is 0 Å². The first-order valence-electron chi connectivity index (χ1n) is 8.56. The molecule has 10 heteroatoms. The highest BCUT2D eigenvalue weighted by Gasteiger charge is 2.33. The number of thiophene rings is 1. The molecular weight excluding hydrogens is 397 g/mol. The Balaban J connectivity index is 1.81. The van der Waals surface area contributed by atoms with Gasteiger partial charge in [-0.05, 0) is 42.7 Å². The highest BCUT2D eigenvalue weighted by molar-refractivity contribution is 7.15. The third kappa shape index (κ3) is 4.44. The van der Waals surface area contributed by atoms with Gasteiger partial charge in [0.1, 0.15) is 11.5 Å². The number of aromatic nitrogens is 1. The third-order valence-corrected chi connectivity index (χ3v) is 5.11.